The molecule has 2 N–H and O–H groups in total. The summed E-state index contributed by atoms with van der Waals surface area (Å²) in [5.41, 5.74) is 6.78. The minimum atomic E-state index is -0.466. The smallest absolute Gasteiger partial charge is 0.133 e. The van der Waals surface area contributed by atoms with E-state index in [4.69, 9.17) is 5.73 Å². The molecule has 102 valence electrons. The first-order chi connectivity index (χ1) is 9.01. The Labute approximate surface area is 115 Å². The molecule has 0 fully saturated rings. The monoisotopic (exact) mass is 282 g/mol. The average Bonchev–Trinajstić information content (AvgIpc) is 2.74. The summed E-state index contributed by atoms with van der Waals surface area (Å²) in [6.45, 7) is 4.54. The van der Waals surface area contributed by atoms with Crippen LogP contribution in [0.3, 0.4) is 0 Å². The Balaban J connectivity index is 2.45. The summed E-state index contributed by atoms with van der Waals surface area (Å²) in [6, 6.07) is 3.40. The van der Waals surface area contributed by atoms with Crippen LogP contribution in [0.2, 0.25) is 0 Å². The molecule has 5 heteroatoms. The van der Waals surface area contributed by atoms with Gasteiger partial charge in [0.15, 0.2) is 0 Å². The SMILES string of the molecule is CC(C)Cc1nc(-c2cc(F)ccc2F)sc1CN. The van der Waals surface area contributed by atoms with Gasteiger partial charge < -0.3 is 5.73 Å². The number of aromatic nitrogens is 1. The molecule has 0 radical (unpaired) electrons. The molecule has 2 aromatic rings. The number of halogens is 2. The van der Waals surface area contributed by atoms with Crippen LogP contribution in [0.15, 0.2) is 18.2 Å². The van der Waals surface area contributed by atoms with Crippen molar-refractivity contribution in [1.29, 1.82) is 0 Å². The Morgan fingerprint density at radius 1 is 1.32 bits per heavy atom. The number of thiazole rings is 1. The van der Waals surface area contributed by atoms with Crippen LogP contribution in [-0.2, 0) is 13.0 Å². The number of benzene rings is 1. The second kappa shape index (κ2) is 5.75. The predicted octanol–water partition coefficient (Wildman–Crippen LogP) is 3.75. The van der Waals surface area contributed by atoms with Gasteiger partial charge in [-0.3, -0.25) is 0 Å². The van der Waals surface area contributed by atoms with Crippen molar-refractivity contribution >= 4 is 11.3 Å². The first kappa shape index (κ1) is 14.1. The molecule has 2 rings (SSSR count). The van der Waals surface area contributed by atoms with E-state index in [2.05, 4.69) is 18.8 Å². The highest BCUT2D eigenvalue weighted by Gasteiger charge is 2.15. The van der Waals surface area contributed by atoms with E-state index in [1.54, 1.807) is 0 Å². The molecule has 0 unspecified atom stereocenters. The zero-order valence-electron chi connectivity index (χ0n) is 10.9. The Kier molecular flexibility index (Phi) is 4.27. The van der Waals surface area contributed by atoms with Gasteiger partial charge >= 0.3 is 0 Å². The van der Waals surface area contributed by atoms with Crippen molar-refractivity contribution in [3.8, 4) is 10.6 Å². The van der Waals surface area contributed by atoms with Crippen LogP contribution in [0.1, 0.15) is 24.4 Å². The number of nitrogens with zero attached hydrogens (tertiary/aromatic N) is 1. The van der Waals surface area contributed by atoms with E-state index in [1.165, 1.54) is 17.4 Å². The summed E-state index contributed by atoms with van der Waals surface area (Å²) < 4.78 is 26.9. The lowest BCUT2D eigenvalue weighted by atomic mass is 10.1. The second-order valence-electron chi connectivity index (χ2n) is 4.82. The standard InChI is InChI=1S/C14H16F2N2S/c1-8(2)5-12-13(7-17)19-14(18-12)10-6-9(15)3-4-11(10)16/h3-4,6,8H,5,7,17H2,1-2H3. The highest BCUT2D eigenvalue weighted by molar-refractivity contribution is 7.15. The van der Waals surface area contributed by atoms with Gasteiger partial charge in [0.05, 0.1) is 5.69 Å². The average molecular weight is 282 g/mol. The van der Waals surface area contributed by atoms with E-state index in [9.17, 15) is 8.78 Å². The van der Waals surface area contributed by atoms with E-state index in [-0.39, 0.29) is 5.56 Å². The van der Waals surface area contributed by atoms with Crippen molar-refractivity contribution < 1.29 is 8.78 Å². The van der Waals surface area contributed by atoms with Crippen molar-refractivity contribution in [3.63, 3.8) is 0 Å². The highest BCUT2D eigenvalue weighted by Crippen LogP contribution is 2.31. The van der Waals surface area contributed by atoms with Crippen LogP contribution in [0, 0.1) is 17.6 Å². The minimum Gasteiger partial charge on any atom is -0.326 e. The van der Waals surface area contributed by atoms with Gasteiger partial charge in [0.1, 0.15) is 16.6 Å². The minimum absolute atomic E-state index is 0.203. The molecule has 0 aliphatic heterocycles. The predicted molar refractivity (Wildman–Crippen MR) is 73.9 cm³/mol. The molecule has 0 atom stereocenters. The largest absolute Gasteiger partial charge is 0.326 e. The van der Waals surface area contributed by atoms with Crippen molar-refractivity contribution in [2.24, 2.45) is 11.7 Å². The lowest BCUT2D eigenvalue weighted by Crippen LogP contribution is -2.02. The van der Waals surface area contributed by atoms with Gasteiger partial charge in [-0.1, -0.05) is 13.8 Å². The Morgan fingerprint density at radius 2 is 2.05 bits per heavy atom. The topological polar surface area (TPSA) is 38.9 Å². The molecule has 2 nitrogen and oxygen atoms in total. The van der Waals surface area contributed by atoms with Crippen LogP contribution in [0.5, 0.6) is 0 Å². The fraction of sp³-hybridized carbons (Fsp3) is 0.357. The Bertz CT molecular complexity index is 579. The number of rotatable bonds is 4. The van der Waals surface area contributed by atoms with E-state index in [1.807, 2.05) is 0 Å². The van der Waals surface area contributed by atoms with Crippen molar-refractivity contribution in [2.45, 2.75) is 26.8 Å². The zero-order chi connectivity index (χ0) is 14.0. The number of hydrogen-bond acceptors (Lipinski definition) is 3. The molecule has 0 aliphatic carbocycles. The summed E-state index contributed by atoms with van der Waals surface area (Å²) in [5, 5.41) is 0.494. The van der Waals surface area contributed by atoms with Crippen LogP contribution < -0.4 is 5.73 Å². The molecule has 0 spiro atoms. The molecular weight excluding hydrogens is 266 g/mol. The Morgan fingerprint density at radius 3 is 2.68 bits per heavy atom. The van der Waals surface area contributed by atoms with Crippen LogP contribution in [-0.4, -0.2) is 4.98 Å². The molecule has 0 bridgehead atoms. The normalized spacial score (nSPS) is 11.3. The maximum atomic E-state index is 13.7. The summed E-state index contributed by atoms with van der Waals surface area (Å²) >= 11 is 1.33. The molecule has 0 saturated carbocycles. The van der Waals surface area contributed by atoms with E-state index < -0.39 is 11.6 Å². The number of hydrogen-bond donors (Lipinski definition) is 1. The fourth-order valence-corrected chi connectivity index (χ4v) is 2.85. The molecule has 1 aromatic heterocycles. The molecule has 0 amide bonds. The maximum Gasteiger partial charge on any atom is 0.133 e. The molecular formula is C14H16F2N2S. The van der Waals surface area contributed by atoms with E-state index in [0.29, 0.717) is 17.5 Å². The van der Waals surface area contributed by atoms with Crippen LogP contribution in [0.25, 0.3) is 10.6 Å². The van der Waals surface area contributed by atoms with Crippen LogP contribution >= 0.6 is 11.3 Å². The third-order valence-corrected chi connectivity index (χ3v) is 3.88. The van der Waals surface area contributed by atoms with Crippen LogP contribution in [0.4, 0.5) is 8.78 Å². The third-order valence-electron chi connectivity index (χ3n) is 2.72. The van der Waals surface area contributed by atoms with Crippen molar-refractivity contribution in [2.75, 3.05) is 0 Å². The fourth-order valence-electron chi connectivity index (χ4n) is 1.87. The van der Waals surface area contributed by atoms with Gasteiger partial charge in [-0.25, -0.2) is 13.8 Å². The van der Waals surface area contributed by atoms with Gasteiger partial charge in [0, 0.05) is 17.0 Å². The first-order valence-electron chi connectivity index (χ1n) is 6.15. The van der Waals surface area contributed by atoms with Gasteiger partial charge in [-0.2, -0.15) is 0 Å². The summed E-state index contributed by atoms with van der Waals surface area (Å²) in [4.78, 5) is 5.36. The maximum absolute atomic E-state index is 13.7. The Hall–Kier alpha value is -1.33. The van der Waals surface area contributed by atoms with E-state index >= 15 is 0 Å². The third kappa shape index (κ3) is 3.16. The zero-order valence-corrected chi connectivity index (χ0v) is 11.7. The van der Waals surface area contributed by atoms with Crippen molar-refractivity contribution in [3.05, 3.63) is 40.4 Å². The molecule has 1 aromatic carbocycles. The van der Waals surface area contributed by atoms with Gasteiger partial charge in [0.2, 0.25) is 0 Å². The molecule has 0 aliphatic rings. The lowest BCUT2D eigenvalue weighted by Gasteiger charge is -2.02. The number of nitrogens with two attached hydrogens (primary N) is 1. The summed E-state index contributed by atoms with van der Waals surface area (Å²) in [5.74, 6) is -0.487. The summed E-state index contributed by atoms with van der Waals surface area (Å²) in [7, 11) is 0. The first-order valence-corrected chi connectivity index (χ1v) is 6.97. The molecule has 19 heavy (non-hydrogen) atoms. The lowest BCUT2D eigenvalue weighted by molar-refractivity contribution is 0.602. The van der Waals surface area contributed by atoms with Gasteiger partial charge in [0.25, 0.3) is 0 Å². The van der Waals surface area contributed by atoms with E-state index in [0.717, 1.165) is 29.1 Å². The molecule has 0 saturated heterocycles. The molecule has 1 heterocycles. The van der Waals surface area contributed by atoms with Crippen molar-refractivity contribution in [1.82, 2.24) is 4.98 Å². The quantitative estimate of drug-likeness (QED) is 0.927. The summed E-state index contributed by atoms with van der Waals surface area (Å²) in [6.07, 6.45) is 0.792. The second-order valence-corrected chi connectivity index (χ2v) is 5.90. The van der Waals surface area contributed by atoms with Gasteiger partial charge in [-0.05, 0) is 30.5 Å². The van der Waals surface area contributed by atoms with Gasteiger partial charge in [-0.15, -0.1) is 11.3 Å². The highest BCUT2D eigenvalue weighted by atomic mass is 32.1.